The third-order valence-corrected chi connectivity index (χ3v) is 9.14. The summed E-state index contributed by atoms with van der Waals surface area (Å²) in [6.07, 6.45) is 4.04. The first-order valence-electron chi connectivity index (χ1n) is 12.1. The van der Waals surface area contributed by atoms with Crippen LogP contribution in [0.1, 0.15) is 54.3 Å². The molecular weight excluding hydrogens is 464 g/mol. The van der Waals surface area contributed by atoms with Crippen LogP contribution in [0.25, 0.3) is 11.4 Å². The SMILES string of the molecule is Cc1nc(-c2ccc(C)c(S(=O)(=O)N3CCC(C(=O)NC4CCCc5ccccc54)CC3)c2)no1. The number of aromatic nitrogens is 2. The van der Waals surface area contributed by atoms with Crippen LogP contribution in [-0.4, -0.2) is 41.9 Å². The molecule has 0 radical (unpaired) electrons. The molecule has 1 atom stereocenters. The van der Waals surface area contributed by atoms with Crippen molar-refractivity contribution in [1.82, 2.24) is 19.8 Å². The van der Waals surface area contributed by atoms with Crippen LogP contribution in [0.4, 0.5) is 0 Å². The molecular formula is C26H30N4O4S. The molecule has 1 amide bonds. The van der Waals surface area contributed by atoms with Crippen LogP contribution in [0, 0.1) is 19.8 Å². The maximum absolute atomic E-state index is 13.5. The number of nitrogens with zero attached hydrogens (tertiary/aromatic N) is 3. The largest absolute Gasteiger partial charge is 0.349 e. The van der Waals surface area contributed by atoms with Crippen LogP contribution in [0.15, 0.2) is 51.9 Å². The maximum Gasteiger partial charge on any atom is 0.243 e. The Morgan fingerprint density at radius 2 is 1.86 bits per heavy atom. The van der Waals surface area contributed by atoms with Crippen LogP contribution in [0.5, 0.6) is 0 Å². The normalized spacial score (nSPS) is 19.3. The van der Waals surface area contributed by atoms with Gasteiger partial charge in [0.1, 0.15) is 0 Å². The van der Waals surface area contributed by atoms with Crippen LogP contribution < -0.4 is 5.32 Å². The third kappa shape index (κ3) is 4.75. The second-order valence-corrected chi connectivity index (χ2v) is 11.4. The standard InChI is InChI=1S/C26H30N4O4S/c1-17-10-11-21(25-27-18(2)34-29-25)16-24(17)35(32,33)30-14-12-20(13-15-30)26(31)28-23-9-5-7-19-6-3-4-8-22(19)23/h3-4,6,8,10-11,16,20,23H,5,7,9,12-15H2,1-2H3,(H,28,31). The molecule has 0 saturated carbocycles. The Kier molecular flexibility index (Phi) is 6.46. The molecule has 8 nitrogen and oxygen atoms in total. The van der Waals surface area contributed by atoms with Crippen molar-refractivity contribution in [3.63, 3.8) is 0 Å². The van der Waals surface area contributed by atoms with Crippen molar-refractivity contribution in [3.05, 3.63) is 65.0 Å². The molecule has 2 aliphatic rings. The van der Waals surface area contributed by atoms with E-state index < -0.39 is 10.0 Å². The molecule has 35 heavy (non-hydrogen) atoms. The van der Waals surface area contributed by atoms with Gasteiger partial charge in [0.2, 0.25) is 27.6 Å². The van der Waals surface area contributed by atoms with E-state index in [0.29, 0.717) is 48.8 Å². The van der Waals surface area contributed by atoms with Crippen molar-refractivity contribution in [2.24, 2.45) is 5.92 Å². The van der Waals surface area contributed by atoms with Gasteiger partial charge >= 0.3 is 0 Å². The van der Waals surface area contributed by atoms with Crippen molar-refractivity contribution >= 4 is 15.9 Å². The number of fused-ring (bicyclic) bond motifs is 1. The number of sulfonamides is 1. The molecule has 1 saturated heterocycles. The zero-order valence-corrected chi connectivity index (χ0v) is 20.8. The Labute approximate surface area is 205 Å². The van der Waals surface area contributed by atoms with Gasteiger partial charge in [-0.15, -0.1) is 0 Å². The number of hydrogen-bond acceptors (Lipinski definition) is 6. The molecule has 9 heteroatoms. The number of carbonyl (C=O) groups is 1. The topological polar surface area (TPSA) is 105 Å². The lowest BCUT2D eigenvalue weighted by Gasteiger charge is -2.33. The zero-order valence-electron chi connectivity index (χ0n) is 20.0. The predicted molar refractivity (Wildman–Crippen MR) is 131 cm³/mol. The van der Waals surface area contributed by atoms with Crippen molar-refractivity contribution in [2.75, 3.05) is 13.1 Å². The van der Waals surface area contributed by atoms with E-state index in [1.165, 1.54) is 15.4 Å². The number of rotatable bonds is 5. The van der Waals surface area contributed by atoms with Gasteiger partial charge in [0.15, 0.2) is 0 Å². The van der Waals surface area contributed by atoms with E-state index in [-0.39, 0.29) is 22.8 Å². The molecule has 3 aromatic rings. The van der Waals surface area contributed by atoms with E-state index in [2.05, 4.69) is 27.6 Å². The summed E-state index contributed by atoms with van der Waals surface area (Å²) in [5, 5.41) is 7.14. The molecule has 5 rings (SSSR count). The van der Waals surface area contributed by atoms with Gasteiger partial charge in [-0.05, 0) is 61.8 Å². The molecule has 2 heterocycles. The second-order valence-electron chi connectivity index (χ2n) is 9.45. The zero-order chi connectivity index (χ0) is 24.6. The highest BCUT2D eigenvalue weighted by Gasteiger charge is 2.34. The van der Waals surface area contributed by atoms with Gasteiger partial charge in [-0.3, -0.25) is 4.79 Å². The number of carbonyl (C=O) groups excluding carboxylic acids is 1. The lowest BCUT2D eigenvalue weighted by Crippen LogP contribution is -2.44. The minimum Gasteiger partial charge on any atom is -0.349 e. The molecule has 2 aromatic carbocycles. The van der Waals surface area contributed by atoms with Gasteiger partial charge in [-0.1, -0.05) is 41.6 Å². The average Bonchev–Trinajstić information content (AvgIpc) is 3.30. The van der Waals surface area contributed by atoms with Crippen LogP contribution in [0.2, 0.25) is 0 Å². The number of amides is 1. The fourth-order valence-electron chi connectivity index (χ4n) is 5.12. The van der Waals surface area contributed by atoms with Gasteiger partial charge in [-0.2, -0.15) is 9.29 Å². The first-order valence-corrected chi connectivity index (χ1v) is 13.6. The monoisotopic (exact) mass is 494 g/mol. The highest BCUT2D eigenvalue weighted by molar-refractivity contribution is 7.89. The van der Waals surface area contributed by atoms with E-state index in [1.807, 2.05) is 12.1 Å². The van der Waals surface area contributed by atoms with Crippen LogP contribution in [-0.2, 0) is 21.2 Å². The van der Waals surface area contributed by atoms with Crippen molar-refractivity contribution in [1.29, 1.82) is 0 Å². The smallest absolute Gasteiger partial charge is 0.243 e. The third-order valence-electron chi connectivity index (χ3n) is 7.10. The molecule has 1 aliphatic carbocycles. The molecule has 1 aliphatic heterocycles. The molecule has 1 aromatic heterocycles. The first-order chi connectivity index (χ1) is 16.8. The summed E-state index contributed by atoms with van der Waals surface area (Å²) in [5.74, 6) is 0.611. The summed E-state index contributed by atoms with van der Waals surface area (Å²) < 4.78 is 33.5. The minimum atomic E-state index is -3.72. The van der Waals surface area contributed by atoms with E-state index in [0.717, 1.165) is 19.3 Å². The summed E-state index contributed by atoms with van der Waals surface area (Å²) in [7, 11) is -3.72. The molecule has 1 unspecified atom stereocenters. The summed E-state index contributed by atoms with van der Waals surface area (Å²) in [4.78, 5) is 17.5. The summed E-state index contributed by atoms with van der Waals surface area (Å²) in [6.45, 7) is 4.09. The Bertz CT molecular complexity index is 1340. The Morgan fingerprint density at radius 1 is 1.09 bits per heavy atom. The number of piperidine rings is 1. The Hall–Kier alpha value is -3.04. The van der Waals surface area contributed by atoms with Gasteiger partial charge in [-0.25, -0.2) is 8.42 Å². The molecule has 184 valence electrons. The highest BCUT2D eigenvalue weighted by Crippen LogP contribution is 2.32. The van der Waals surface area contributed by atoms with Gasteiger partial charge in [0.25, 0.3) is 0 Å². The van der Waals surface area contributed by atoms with E-state index in [4.69, 9.17) is 4.52 Å². The highest BCUT2D eigenvalue weighted by atomic mass is 32.2. The van der Waals surface area contributed by atoms with Gasteiger partial charge in [0.05, 0.1) is 10.9 Å². The fourth-order valence-corrected chi connectivity index (χ4v) is 6.84. The predicted octanol–water partition coefficient (Wildman–Crippen LogP) is 3.95. The van der Waals surface area contributed by atoms with E-state index in [9.17, 15) is 13.2 Å². The first kappa shape index (κ1) is 23.7. The fraction of sp³-hybridized carbons (Fsp3) is 0.423. The Morgan fingerprint density at radius 3 is 2.60 bits per heavy atom. The number of nitrogens with one attached hydrogen (secondary N) is 1. The van der Waals surface area contributed by atoms with Crippen molar-refractivity contribution < 1.29 is 17.7 Å². The van der Waals surface area contributed by atoms with Crippen LogP contribution >= 0.6 is 0 Å². The van der Waals surface area contributed by atoms with Crippen molar-refractivity contribution in [3.8, 4) is 11.4 Å². The molecule has 1 fully saturated rings. The summed E-state index contributed by atoms with van der Waals surface area (Å²) in [5.41, 5.74) is 3.76. The molecule has 1 N–H and O–H groups in total. The number of hydrogen-bond donors (Lipinski definition) is 1. The maximum atomic E-state index is 13.5. The number of benzene rings is 2. The van der Waals surface area contributed by atoms with Crippen molar-refractivity contribution in [2.45, 2.75) is 56.9 Å². The Balaban J connectivity index is 1.26. The lowest BCUT2D eigenvalue weighted by atomic mass is 9.87. The minimum absolute atomic E-state index is 0.0226. The van der Waals surface area contributed by atoms with E-state index in [1.54, 1.807) is 32.0 Å². The summed E-state index contributed by atoms with van der Waals surface area (Å²) >= 11 is 0. The lowest BCUT2D eigenvalue weighted by molar-refractivity contribution is -0.127. The van der Waals surface area contributed by atoms with Gasteiger partial charge < -0.3 is 9.84 Å². The molecule has 0 spiro atoms. The quantitative estimate of drug-likeness (QED) is 0.576. The van der Waals surface area contributed by atoms with Crippen LogP contribution in [0.3, 0.4) is 0 Å². The second kappa shape index (κ2) is 9.54. The van der Waals surface area contributed by atoms with E-state index >= 15 is 0 Å². The number of aryl methyl sites for hydroxylation is 3. The molecule has 0 bridgehead atoms. The summed E-state index contributed by atoms with van der Waals surface area (Å²) in [6, 6.07) is 13.5. The van der Waals surface area contributed by atoms with Gasteiger partial charge in [0, 0.05) is 31.5 Å². The average molecular weight is 495 g/mol.